The molecule has 2 aromatic rings. The van der Waals surface area contributed by atoms with Crippen LogP contribution in [0.5, 0.6) is 0 Å². The van der Waals surface area contributed by atoms with Crippen molar-refractivity contribution in [3.05, 3.63) is 57.7 Å². The molecule has 0 unspecified atom stereocenters. The van der Waals surface area contributed by atoms with Crippen LogP contribution in [0, 0.1) is 46.5 Å². The molecule has 2 rings (SSSR count). The summed E-state index contributed by atoms with van der Waals surface area (Å²) in [5, 5.41) is 3.07. The van der Waals surface area contributed by atoms with Crippen LogP contribution in [0.4, 0.5) is 70.2 Å². The predicted octanol–water partition coefficient (Wildman–Crippen LogP) is 8.15. The molecule has 2 aromatic carbocycles. The SMILES string of the molecule is CCCCNC.Fc1c(F)c(F)c(-c2c(C(F)(F)F)c(F)c(F)c(F)c2C(F)(F)C(F)(F)F)c(F)c1F. The highest BCUT2D eigenvalue weighted by Crippen LogP contribution is 2.53. The maximum absolute atomic E-state index is 13.9. The fourth-order valence-electron chi connectivity index (χ4n) is 2.79. The van der Waals surface area contributed by atoms with Crippen molar-refractivity contribution in [2.45, 2.75) is 38.0 Å². The largest absolute Gasteiger partial charge is 0.458 e. The smallest absolute Gasteiger partial charge is 0.320 e. The third-order valence-corrected chi connectivity index (χ3v) is 4.52. The summed E-state index contributed by atoms with van der Waals surface area (Å²) in [6, 6.07) is 0. The Morgan fingerprint density at radius 2 is 0.919 bits per heavy atom. The Balaban J connectivity index is 0.00000102. The molecule has 0 aromatic heterocycles. The van der Waals surface area contributed by atoms with E-state index in [2.05, 4.69) is 12.2 Å². The Morgan fingerprint density at radius 1 is 0.541 bits per heavy atom. The highest BCUT2D eigenvalue weighted by Gasteiger charge is 2.63. The molecule has 0 aliphatic heterocycles. The number of nitrogens with one attached hydrogen (secondary N) is 1. The number of hydrogen-bond donors (Lipinski definition) is 1. The highest BCUT2D eigenvalue weighted by atomic mass is 19.4. The topological polar surface area (TPSA) is 12.0 Å². The first kappa shape index (κ1) is 32.3. The first-order valence-corrected chi connectivity index (χ1v) is 9.58. The van der Waals surface area contributed by atoms with Crippen LogP contribution in [0.3, 0.4) is 0 Å². The Hall–Kier alpha value is -2.72. The van der Waals surface area contributed by atoms with E-state index in [0.29, 0.717) is 0 Å². The van der Waals surface area contributed by atoms with E-state index in [1.807, 2.05) is 7.05 Å². The van der Waals surface area contributed by atoms with E-state index in [1.54, 1.807) is 0 Å². The average Bonchev–Trinajstić information content (AvgIpc) is 2.77. The van der Waals surface area contributed by atoms with Gasteiger partial charge in [-0.3, -0.25) is 0 Å². The summed E-state index contributed by atoms with van der Waals surface area (Å²) in [6.45, 7) is 3.36. The fourth-order valence-corrected chi connectivity index (χ4v) is 2.79. The average molecular weight is 571 g/mol. The number of benzene rings is 2. The summed E-state index contributed by atoms with van der Waals surface area (Å²) in [5.74, 6) is -34.1. The second-order valence-electron chi connectivity index (χ2n) is 7.04. The van der Waals surface area contributed by atoms with Crippen LogP contribution in [0.1, 0.15) is 30.9 Å². The fraction of sp³-hybridized carbons (Fsp3) is 0.400. The molecule has 0 saturated heterocycles. The van der Waals surface area contributed by atoms with Gasteiger partial charge in [-0.25, -0.2) is 35.1 Å². The minimum atomic E-state index is -7.10. The van der Waals surface area contributed by atoms with Gasteiger partial charge in [-0.15, -0.1) is 0 Å². The van der Waals surface area contributed by atoms with Gasteiger partial charge < -0.3 is 5.32 Å². The van der Waals surface area contributed by atoms with E-state index in [1.165, 1.54) is 12.8 Å². The van der Waals surface area contributed by atoms with Crippen LogP contribution in [0.15, 0.2) is 0 Å². The maximum atomic E-state index is 13.9. The first-order valence-electron chi connectivity index (χ1n) is 9.58. The Bertz CT molecular complexity index is 1100. The molecule has 0 bridgehead atoms. The van der Waals surface area contributed by atoms with Crippen molar-refractivity contribution in [1.29, 1.82) is 0 Å². The minimum Gasteiger partial charge on any atom is -0.320 e. The van der Waals surface area contributed by atoms with Crippen LogP contribution in [-0.2, 0) is 12.1 Å². The van der Waals surface area contributed by atoms with E-state index in [4.69, 9.17) is 0 Å². The number of halogens is 16. The molecule has 0 spiro atoms. The molecule has 0 heterocycles. The number of rotatable bonds is 5. The van der Waals surface area contributed by atoms with E-state index >= 15 is 0 Å². The summed E-state index contributed by atoms with van der Waals surface area (Å²) in [6.07, 6.45) is -11.1. The van der Waals surface area contributed by atoms with Gasteiger partial charge >= 0.3 is 18.3 Å². The normalized spacial score (nSPS) is 12.5. The molecule has 0 amide bonds. The van der Waals surface area contributed by atoms with Gasteiger partial charge in [0.1, 0.15) is 5.56 Å². The molecule has 0 fully saturated rings. The molecule has 0 aliphatic rings. The van der Waals surface area contributed by atoms with Gasteiger partial charge in [-0.05, 0) is 20.0 Å². The molecular formula is C20H13F16N. The lowest BCUT2D eigenvalue weighted by molar-refractivity contribution is -0.290. The van der Waals surface area contributed by atoms with Gasteiger partial charge in [-0.1, -0.05) is 13.3 Å². The van der Waals surface area contributed by atoms with E-state index in [9.17, 15) is 70.2 Å². The summed E-state index contributed by atoms with van der Waals surface area (Å²) >= 11 is 0. The van der Waals surface area contributed by atoms with Crippen LogP contribution in [0.2, 0.25) is 0 Å². The second-order valence-corrected chi connectivity index (χ2v) is 7.04. The maximum Gasteiger partial charge on any atom is 0.458 e. The molecule has 1 N–H and O–H groups in total. The predicted molar refractivity (Wildman–Crippen MR) is 95.3 cm³/mol. The Kier molecular flexibility index (Phi) is 9.91. The van der Waals surface area contributed by atoms with Crippen molar-refractivity contribution < 1.29 is 70.2 Å². The zero-order valence-corrected chi connectivity index (χ0v) is 18.2. The summed E-state index contributed by atoms with van der Waals surface area (Å²) in [7, 11) is 1.98. The van der Waals surface area contributed by atoms with Gasteiger partial charge in [0.05, 0.1) is 11.1 Å². The van der Waals surface area contributed by atoms with Crippen molar-refractivity contribution in [3.8, 4) is 11.1 Å². The van der Waals surface area contributed by atoms with Crippen molar-refractivity contribution >= 4 is 0 Å². The third-order valence-electron chi connectivity index (χ3n) is 4.52. The highest BCUT2D eigenvalue weighted by molar-refractivity contribution is 5.75. The van der Waals surface area contributed by atoms with Crippen molar-refractivity contribution in [3.63, 3.8) is 0 Å². The van der Waals surface area contributed by atoms with Crippen LogP contribution >= 0.6 is 0 Å². The number of alkyl halides is 8. The molecule has 17 heteroatoms. The van der Waals surface area contributed by atoms with Gasteiger partial charge in [0.15, 0.2) is 40.7 Å². The summed E-state index contributed by atoms with van der Waals surface area (Å²) in [5.41, 5.74) is -14.2. The van der Waals surface area contributed by atoms with Crippen LogP contribution < -0.4 is 5.32 Å². The Morgan fingerprint density at radius 3 is 1.24 bits per heavy atom. The lowest BCUT2D eigenvalue weighted by Crippen LogP contribution is -2.36. The minimum absolute atomic E-state index is 1.16. The zero-order valence-electron chi connectivity index (χ0n) is 18.2. The molecule has 0 saturated carbocycles. The number of unbranched alkanes of at least 4 members (excludes halogenated alkanes) is 1. The van der Waals surface area contributed by atoms with Crippen molar-refractivity contribution in [2.24, 2.45) is 0 Å². The molecule has 210 valence electrons. The van der Waals surface area contributed by atoms with Crippen LogP contribution in [0.25, 0.3) is 11.1 Å². The molecule has 1 nitrogen and oxygen atoms in total. The van der Waals surface area contributed by atoms with Gasteiger partial charge in [0, 0.05) is 5.56 Å². The number of hydrogen-bond acceptors (Lipinski definition) is 1. The van der Waals surface area contributed by atoms with E-state index in [-0.39, 0.29) is 0 Å². The standard InChI is InChI=1S/C15F16.C5H13N/c16-5-2(6(17)10(21)12(23)9(5)20)1-3(13(24,25)15(29,30)31)7(18)11(22)8(19)4(1)14(26,27)28;1-3-4-5-6-2/h;6H,3-5H2,1-2H3. The van der Waals surface area contributed by atoms with E-state index in [0.717, 1.165) is 6.54 Å². The molecule has 37 heavy (non-hydrogen) atoms. The summed E-state index contributed by atoms with van der Waals surface area (Å²) in [4.78, 5) is 0. The first-order chi connectivity index (χ1) is 16.7. The van der Waals surface area contributed by atoms with Crippen molar-refractivity contribution in [1.82, 2.24) is 5.32 Å². The van der Waals surface area contributed by atoms with Crippen molar-refractivity contribution in [2.75, 3.05) is 13.6 Å². The lowest BCUT2D eigenvalue weighted by Gasteiger charge is -2.26. The molecular weight excluding hydrogens is 558 g/mol. The molecule has 0 atom stereocenters. The summed E-state index contributed by atoms with van der Waals surface area (Å²) < 4.78 is 214. The molecule has 0 aliphatic carbocycles. The second kappa shape index (κ2) is 11.3. The third kappa shape index (κ3) is 6.06. The van der Waals surface area contributed by atoms with Gasteiger partial charge in [0.25, 0.3) is 0 Å². The quantitative estimate of drug-likeness (QED) is 0.165. The van der Waals surface area contributed by atoms with E-state index < -0.39 is 87.1 Å². The lowest BCUT2D eigenvalue weighted by atomic mass is 9.88. The Labute approximate surface area is 197 Å². The van der Waals surface area contributed by atoms with Crippen LogP contribution in [-0.4, -0.2) is 19.8 Å². The molecule has 0 radical (unpaired) electrons. The monoisotopic (exact) mass is 571 g/mol. The zero-order chi connectivity index (χ0) is 29.3. The van der Waals surface area contributed by atoms with Gasteiger partial charge in [-0.2, -0.15) is 35.1 Å². The van der Waals surface area contributed by atoms with Gasteiger partial charge in [0.2, 0.25) is 5.82 Å².